The molecule has 3 aromatic rings. The molecule has 2 heterocycles. The fourth-order valence-corrected chi connectivity index (χ4v) is 6.04. The third kappa shape index (κ3) is 3.93. The zero-order valence-corrected chi connectivity index (χ0v) is 18.7. The molecule has 0 amide bonds. The highest BCUT2D eigenvalue weighted by molar-refractivity contribution is 7.89. The number of aryl methyl sites for hydroxylation is 1. The fourth-order valence-electron chi connectivity index (χ4n) is 4.62. The third-order valence-electron chi connectivity index (χ3n) is 6.38. The molecule has 1 aromatic heterocycles. The highest BCUT2D eigenvalue weighted by atomic mass is 32.2. The fraction of sp³-hybridized carbons (Fsp3) is 0.375. The number of benzene rings is 2. The number of para-hydroxylation sites is 1. The average Bonchev–Trinajstić information content (AvgIpc) is 3.39. The molecule has 2 aromatic carbocycles. The van der Waals surface area contributed by atoms with E-state index >= 15 is 0 Å². The lowest BCUT2D eigenvalue weighted by Crippen LogP contribution is -2.48. The SMILES string of the molecule is Cc1ccc(S(=O)(=O)N2CCN(Cc3nn(-c4ccccc4)c4c3CCC4)CC2)cc1. The van der Waals surface area contributed by atoms with Gasteiger partial charge in [0.15, 0.2) is 0 Å². The second-order valence-electron chi connectivity index (χ2n) is 8.47. The number of sulfonamides is 1. The molecule has 2 aliphatic rings. The number of rotatable bonds is 5. The van der Waals surface area contributed by atoms with E-state index in [1.165, 1.54) is 17.7 Å². The summed E-state index contributed by atoms with van der Waals surface area (Å²) in [6.07, 6.45) is 3.33. The predicted octanol–water partition coefficient (Wildman–Crippen LogP) is 3.18. The maximum absolute atomic E-state index is 13.0. The molecule has 1 aliphatic heterocycles. The quantitative estimate of drug-likeness (QED) is 0.616. The van der Waals surface area contributed by atoms with Gasteiger partial charge in [-0.2, -0.15) is 9.40 Å². The van der Waals surface area contributed by atoms with Crippen LogP contribution in [0.1, 0.15) is 28.9 Å². The predicted molar refractivity (Wildman–Crippen MR) is 121 cm³/mol. The summed E-state index contributed by atoms with van der Waals surface area (Å²) in [6, 6.07) is 17.4. The van der Waals surface area contributed by atoms with E-state index in [0.717, 1.165) is 49.4 Å². The van der Waals surface area contributed by atoms with Gasteiger partial charge in [-0.1, -0.05) is 35.9 Å². The lowest BCUT2D eigenvalue weighted by molar-refractivity contribution is 0.179. The van der Waals surface area contributed by atoms with Crippen LogP contribution >= 0.6 is 0 Å². The van der Waals surface area contributed by atoms with Crippen LogP contribution in [0.4, 0.5) is 0 Å². The molecule has 162 valence electrons. The average molecular weight is 437 g/mol. The summed E-state index contributed by atoms with van der Waals surface area (Å²) in [6.45, 7) is 5.21. The maximum atomic E-state index is 13.0. The molecule has 0 radical (unpaired) electrons. The van der Waals surface area contributed by atoms with Crippen molar-refractivity contribution in [3.05, 3.63) is 77.1 Å². The zero-order valence-electron chi connectivity index (χ0n) is 17.9. The molecule has 31 heavy (non-hydrogen) atoms. The Hall–Kier alpha value is -2.48. The van der Waals surface area contributed by atoms with Crippen molar-refractivity contribution in [1.29, 1.82) is 0 Å². The summed E-state index contributed by atoms with van der Waals surface area (Å²) in [4.78, 5) is 2.71. The second-order valence-corrected chi connectivity index (χ2v) is 10.4. The van der Waals surface area contributed by atoms with Gasteiger partial charge in [-0.25, -0.2) is 13.1 Å². The first-order valence-corrected chi connectivity index (χ1v) is 12.4. The van der Waals surface area contributed by atoms with Crippen LogP contribution < -0.4 is 0 Å². The number of nitrogens with zero attached hydrogens (tertiary/aromatic N) is 4. The first kappa shape index (κ1) is 20.4. The molecule has 0 saturated carbocycles. The van der Waals surface area contributed by atoms with Crippen LogP contribution in [-0.4, -0.2) is 53.6 Å². The molecule has 1 saturated heterocycles. The monoisotopic (exact) mass is 436 g/mol. The molecule has 1 aliphatic carbocycles. The van der Waals surface area contributed by atoms with Crippen molar-refractivity contribution < 1.29 is 8.42 Å². The molecule has 0 atom stereocenters. The topological polar surface area (TPSA) is 58.4 Å². The minimum absolute atomic E-state index is 0.381. The highest BCUT2D eigenvalue weighted by Crippen LogP contribution is 2.29. The summed E-state index contributed by atoms with van der Waals surface area (Å²) >= 11 is 0. The summed E-state index contributed by atoms with van der Waals surface area (Å²) < 4.78 is 29.7. The van der Waals surface area contributed by atoms with E-state index in [4.69, 9.17) is 5.10 Å². The number of hydrogen-bond acceptors (Lipinski definition) is 4. The first-order valence-electron chi connectivity index (χ1n) is 11.0. The van der Waals surface area contributed by atoms with Gasteiger partial charge in [0.25, 0.3) is 0 Å². The second kappa shape index (κ2) is 8.22. The Morgan fingerprint density at radius 3 is 2.32 bits per heavy atom. The largest absolute Gasteiger partial charge is 0.295 e. The Bertz CT molecular complexity index is 1160. The van der Waals surface area contributed by atoms with E-state index in [1.54, 1.807) is 16.4 Å². The molecule has 6 nitrogen and oxygen atoms in total. The van der Waals surface area contributed by atoms with Crippen molar-refractivity contribution in [2.45, 2.75) is 37.6 Å². The lowest BCUT2D eigenvalue weighted by Gasteiger charge is -2.33. The summed E-state index contributed by atoms with van der Waals surface area (Å²) in [7, 11) is -3.43. The number of hydrogen-bond donors (Lipinski definition) is 0. The van der Waals surface area contributed by atoms with Crippen LogP contribution in [0, 0.1) is 6.92 Å². The van der Waals surface area contributed by atoms with Gasteiger partial charge in [-0.3, -0.25) is 4.90 Å². The van der Waals surface area contributed by atoms with Crippen LogP contribution in [0.5, 0.6) is 0 Å². The van der Waals surface area contributed by atoms with Crippen molar-refractivity contribution in [3.8, 4) is 5.69 Å². The van der Waals surface area contributed by atoms with Gasteiger partial charge in [0.1, 0.15) is 0 Å². The van der Waals surface area contributed by atoms with Crippen molar-refractivity contribution in [3.63, 3.8) is 0 Å². The van der Waals surface area contributed by atoms with Gasteiger partial charge in [0.05, 0.1) is 16.3 Å². The smallest absolute Gasteiger partial charge is 0.243 e. The summed E-state index contributed by atoms with van der Waals surface area (Å²) in [5.74, 6) is 0. The summed E-state index contributed by atoms with van der Waals surface area (Å²) in [5.41, 5.74) is 6.04. The Labute approximate surface area is 184 Å². The highest BCUT2D eigenvalue weighted by Gasteiger charge is 2.30. The van der Waals surface area contributed by atoms with E-state index in [2.05, 4.69) is 21.7 Å². The van der Waals surface area contributed by atoms with E-state index in [0.29, 0.717) is 18.0 Å². The van der Waals surface area contributed by atoms with E-state index in [-0.39, 0.29) is 0 Å². The van der Waals surface area contributed by atoms with Crippen LogP contribution in [0.15, 0.2) is 59.5 Å². The number of fused-ring (bicyclic) bond motifs is 1. The van der Waals surface area contributed by atoms with Crippen LogP contribution in [0.25, 0.3) is 5.69 Å². The molecule has 7 heteroatoms. The van der Waals surface area contributed by atoms with Crippen molar-refractivity contribution in [2.24, 2.45) is 0 Å². The normalized spacial score (nSPS) is 17.7. The van der Waals surface area contributed by atoms with Crippen molar-refractivity contribution in [1.82, 2.24) is 19.0 Å². The van der Waals surface area contributed by atoms with Crippen LogP contribution in [0.3, 0.4) is 0 Å². The first-order chi connectivity index (χ1) is 15.0. The molecule has 0 bridgehead atoms. The molecule has 0 N–H and O–H groups in total. The standard InChI is InChI=1S/C24H28N4O2S/c1-19-10-12-21(13-11-19)31(29,30)27-16-14-26(15-17-27)18-23-22-8-5-9-24(22)28(25-23)20-6-3-2-4-7-20/h2-4,6-7,10-13H,5,8-9,14-18H2,1H3. The molecular formula is C24H28N4O2S. The van der Waals surface area contributed by atoms with Gasteiger partial charge < -0.3 is 0 Å². The number of piperazine rings is 1. The molecule has 5 rings (SSSR count). The van der Waals surface area contributed by atoms with Crippen molar-refractivity contribution in [2.75, 3.05) is 26.2 Å². The minimum Gasteiger partial charge on any atom is -0.295 e. The van der Waals surface area contributed by atoms with Gasteiger partial charge in [0.2, 0.25) is 10.0 Å². The lowest BCUT2D eigenvalue weighted by atomic mass is 10.2. The van der Waals surface area contributed by atoms with Gasteiger partial charge in [-0.15, -0.1) is 0 Å². The van der Waals surface area contributed by atoms with Gasteiger partial charge >= 0.3 is 0 Å². The molecular weight excluding hydrogens is 408 g/mol. The number of aromatic nitrogens is 2. The Morgan fingerprint density at radius 1 is 0.903 bits per heavy atom. The molecule has 1 fully saturated rings. The van der Waals surface area contributed by atoms with Crippen LogP contribution in [-0.2, 0) is 29.4 Å². The third-order valence-corrected chi connectivity index (χ3v) is 8.29. The van der Waals surface area contributed by atoms with E-state index in [9.17, 15) is 8.42 Å². The Kier molecular flexibility index (Phi) is 5.42. The van der Waals surface area contributed by atoms with E-state index < -0.39 is 10.0 Å². The Balaban J connectivity index is 1.29. The maximum Gasteiger partial charge on any atom is 0.243 e. The molecule has 0 spiro atoms. The van der Waals surface area contributed by atoms with Gasteiger partial charge in [-0.05, 0) is 56.0 Å². The van der Waals surface area contributed by atoms with Crippen molar-refractivity contribution >= 4 is 10.0 Å². The van der Waals surface area contributed by atoms with E-state index in [1.807, 2.05) is 37.3 Å². The van der Waals surface area contributed by atoms with Gasteiger partial charge in [0, 0.05) is 38.4 Å². The zero-order chi connectivity index (χ0) is 21.4. The summed E-state index contributed by atoms with van der Waals surface area (Å²) in [5, 5.41) is 4.96. The van der Waals surface area contributed by atoms with Crippen LogP contribution in [0.2, 0.25) is 0 Å². The Morgan fingerprint density at radius 2 is 1.61 bits per heavy atom. The minimum atomic E-state index is -3.43. The molecule has 0 unspecified atom stereocenters.